The third kappa shape index (κ3) is 3.53. The predicted molar refractivity (Wildman–Crippen MR) is 53.5 cm³/mol. The second-order valence-electron chi connectivity index (χ2n) is 3.44. The van der Waals surface area contributed by atoms with Gasteiger partial charge in [-0.2, -0.15) is 0 Å². The number of hydrogen-bond acceptors (Lipinski definition) is 3. The summed E-state index contributed by atoms with van der Waals surface area (Å²) in [5, 5.41) is 0. The minimum Gasteiger partial charge on any atom is -0.370 e. The van der Waals surface area contributed by atoms with E-state index in [9.17, 15) is 14.4 Å². The highest BCUT2D eigenvalue weighted by Crippen LogP contribution is 2.07. The van der Waals surface area contributed by atoms with Crippen molar-refractivity contribution in [2.24, 2.45) is 5.73 Å². The summed E-state index contributed by atoms with van der Waals surface area (Å²) in [5.74, 6) is -0.824. The Kier molecular flexibility index (Phi) is 4.03. The zero-order chi connectivity index (χ0) is 11.3. The molecule has 82 valence electrons. The summed E-state index contributed by atoms with van der Waals surface area (Å²) in [4.78, 5) is 33.8. The average molecular weight is 210 g/mol. The van der Waals surface area contributed by atoms with Crippen molar-refractivity contribution in [1.82, 2.24) is 4.90 Å². The smallest absolute Gasteiger partial charge is 0.253 e. The van der Waals surface area contributed by atoms with Crippen LogP contribution in [0.15, 0.2) is 12.2 Å². The molecule has 0 saturated carbocycles. The van der Waals surface area contributed by atoms with E-state index in [1.165, 1.54) is 17.1 Å². The van der Waals surface area contributed by atoms with Gasteiger partial charge < -0.3 is 5.73 Å². The summed E-state index contributed by atoms with van der Waals surface area (Å²) in [5.41, 5.74) is 4.97. The Bertz CT molecular complexity index is 292. The van der Waals surface area contributed by atoms with E-state index in [1.807, 2.05) is 0 Å². The third-order valence-corrected chi connectivity index (χ3v) is 2.21. The van der Waals surface area contributed by atoms with Crippen LogP contribution in [0.25, 0.3) is 0 Å². The minimum atomic E-state index is -0.315. The Balaban J connectivity index is 2.13. The number of carbonyl (C=O) groups is 3. The lowest BCUT2D eigenvalue weighted by Gasteiger charge is -2.12. The Morgan fingerprint density at radius 2 is 1.73 bits per heavy atom. The topological polar surface area (TPSA) is 80.5 Å². The summed E-state index contributed by atoms with van der Waals surface area (Å²) in [7, 11) is 0. The predicted octanol–water partition coefficient (Wildman–Crippen LogP) is -0.0429. The fourth-order valence-electron chi connectivity index (χ4n) is 1.40. The van der Waals surface area contributed by atoms with E-state index in [-0.39, 0.29) is 17.7 Å². The van der Waals surface area contributed by atoms with Crippen molar-refractivity contribution in [3.05, 3.63) is 12.2 Å². The van der Waals surface area contributed by atoms with Crippen LogP contribution < -0.4 is 5.73 Å². The molecule has 0 aromatic carbocycles. The van der Waals surface area contributed by atoms with Crippen LogP contribution in [0, 0.1) is 0 Å². The number of rotatable bonds is 6. The van der Waals surface area contributed by atoms with Crippen LogP contribution in [-0.4, -0.2) is 29.2 Å². The molecule has 0 saturated heterocycles. The van der Waals surface area contributed by atoms with Crippen LogP contribution in [0.4, 0.5) is 0 Å². The number of unbranched alkanes of at least 4 members (excludes halogenated alkanes) is 2. The van der Waals surface area contributed by atoms with Gasteiger partial charge in [-0.15, -0.1) is 0 Å². The molecule has 3 amide bonds. The maximum atomic E-state index is 11.1. The first-order valence-electron chi connectivity index (χ1n) is 4.93. The SMILES string of the molecule is NC(=O)CCCCCN1C(=O)C=CC1=O. The van der Waals surface area contributed by atoms with Crippen molar-refractivity contribution >= 4 is 17.7 Å². The average Bonchev–Trinajstić information content (AvgIpc) is 2.47. The lowest BCUT2D eigenvalue weighted by molar-refractivity contribution is -0.136. The van der Waals surface area contributed by atoms with Gasteiger partial charge in [0.2, 0.25) is 5.91 Å². The number of nitrogens with zero attached hydrogens (tertiary/aromatic N) is 1. The second kappa shape index (κ2) is 5.29. The van der Waals surface area contributed by atoms with Crippen LogP contribution >= 0.6 is 0 Å². The number of imide groups is 1. The van der Waals surface area contributed by atoms with E-state index in [2.05, 4.69) is 0 Å². The molecule has 1 heterocycles. The monoisotopic (exact) mass is 210 g/mol. The van der Waals surface area contributed by atoms with Gasteiger partial charge in [-0.1, -0.05) is 6.42 Å². The van der Waals surface area contributed by atoms with Gasteiger partial charge in [0.25, 0.3) is 11.8 Å². The van der Waals surface area contributed by atoms with E-state index < -0.39 is 0 Å². The minimum absolute atomic E-state index is 0.255. The molecule has 0 atom stereocenters. The maximum Gasteiger partial charge on any atom is 0.253 e. The van der Waals surface area contributed by atoms with Crippen LogP contribution in [0.5, 0.6) is 0 Å². The Morgan fingerprint density at radius 3 is 2.27 bits per heavy atom. The molecule has 0 bridgehead atoms. The van der Waals surface area contributed by atoms with Gasteiger partial charge in [-0.05, 0) is 12.8 Å². The molecule has 0 unspecified atom stereocenters. The quantitative estimate of drug-likeness (QED) is 0.493. The Morgan fingerprint density at radius 1 is 1.13 bits per heavy atom. The van der Waals surface area contributed by atoms with Crippen molar-refractivity contribution in [3.63, 3.8) is 0 Å². The molecular formula is C10H14N2O3. The van der Waals surface area contributed by atoms with Gasteiger partial charge in [-0.3, -0.25) is 19.3 Å². The molecule has 0 fully saturated rings. The van der Waals surface area contributed by atoms with Gasteiger partial charge >= 0.3 is 0 Å². The molecule has 5 nitrogen and oxygen atoms in total. The summed E-state index contributed by atoms with van der Waals surface area (Å²) >= 11 is 0. The van der Waals surface area contributed by atoms with Crippen LogP contribution in [0.2, 0.25) is 0 Å². The van der Waals surface area contributed by atoms with Crippen molar-refractivity contribution in [3.8, 4) is 0 Å². The molecule has 0 radical (unpaired) electrons. The van der Waals surface area contributed by atoms with Crippen LogP contribution in [0.3, 0.4) is 0 Å². The Hall–Kier alpha value is -1.65. The fourth-order valence-corrected chi connectivity index (χ4v) is 1.40. The number of hydrogen-bond donors (Lipinski definition) is 1. The van der Waals surface area contributed by atoms with Gasteiger partial charge in [0.15, 0.2) is 0 Å². The van der Waals surface area contributed by atoms with Gasteiger partial charge in [0, 0.05) is 25.1 Å². The van der Waals surface area contributed by atoms with Crippen LogP contribution in [-0.2, 0) is 14.4 Å². The van der Waals surface area contributed by atoms with E-state index in [4.69, 9.17) is 5.73 Å². The molecule has 15 heavy (non-hydrogen) atoms. The van der Waals surface area contributed by atoms with E-state index >= 15 is 0 Å². The Labute approximate surface area is 87.9 Å². The molecule has 5 heteroatoms. The maximum absolute atomic E-state index is 11.1. The summed E-state index contributed by atoms with van der Waals surface area (Å²) in [6, 6.07) is 0. The highest BCUT2D eigenvalue weighted by molar-refractivity contribution is 6.12. The molecule has 1 rings (SSSR count). The zero-order valence-electron chi connectivity index (χ0n) is 8.44. The van der Waals surface area contributed by atoms with Gasteiger partial charge in [-0.25, -0.2) is 0 Å². The molecule has 0 spiro atoms. The molecule has 2 N–H and O–H groups in total. The summed E-state index contributed by atoms with van der Waals surface area (Å²) < 4.78 is 0. The molecule has 0 aliphatic carbocycles. The fraction of sp³-hybridized carbons (Fsp3) is 0.500. The zero-order valence-corrected chi connectivity index (χ0v) is 8.44. The van der Waals surface area contributed by atoms with Gasteiger partial charge in [0.05, 0.1) is 0 Å². The van der Waals surface area contributed by atoms with Crippen molar-refractivity contribution < 1.29 is 14.4 Å². The first-order valence-corrected chi connectivity index (χ1v) is 4.93. The van der Waals surface area contributed by atoms with Crippen molar-refractivity contribution in [2.45, 2.75) is 25.7 Å². The van der Waals surface area contributed by atoms with Crippen molar-refractivity contribution in [2.75, 3.05) is 6.54 Å². The van der Waals surface area contributed by atoms with E-state index in [0.717, 1.165) is 6.42 Å². The number of primary amides is 1. The van der Waals surface area contributed by atoms with Crippen LogP contribution in [0.1, 0.15) is 25.7 Å². The lowest BCUT2D eigenvalue weighted by Crippen LogP contribution is -2.30. The van der Waals surface area contributed by atoms with E-state index in [1.54, 1.807) is 0 Å². The number of carbonyl (C=O) groups excluding carboxylic acids is 3. The molecule has 0 aromatic rings. The third-order valence-electron chi connectivity index (χ3n) is 2.21. The van der Waals surface area contributed by atoms with Crippen molar-refractivity contribution in [1.29, 1.82) is 0 Å². The van der Waals surface area contributed by atoms with Gasteiger partial charge in [0.1, 0.15) is 0 Å². The molecular weight excluding hydrogens is 196 g/mol. The number of nitrogens with two attached hydrogens (primary N) is 1. The normalized spacial score (nSPS) is 15.1. The standard InChI is InChI=1S/C10H14N2O3/c11-8(13)4-2-1-3-7-12-9(14)5-6-10(12)15/h5-6H,1-4,7H2,(H2,11,13). The highest BCUT2D eigenvalue weighted by Gasteiger charge is 2.21. The molecule has 1 aliphatic heterocycles. The molecule has 0 aromatic heterocycles. The first kappa shape index (κ1) is 11.4. The highest BCUT2D eigenvalue weighted by atomic mass is 16.2. The molecule has 1 aliphatic rings. The van der Waals surface area contributed by atoms with E-state index in [0.29, 0.717) is 25.8 Å². The lowest BCUT2D eigenvalue weighted by atomic mass is 10.2. The second-order valence-corrected chi connectivity index (χ2v) is 3.44. The summed E-state index contributed by atoms with van der Waals surface area (Å²) in [6.07, 6.45) is 5.11. The number of amides is 3. The summed E-state index contributed by atoms with van der Waals surface area (Å²) in [6.45, 7) is 0.420. The largest absolute Gasteiger partial charge is 0.370 e. The first-order chi connectivity index (χ1) is 7.11.